The zero-order valence-electron chi connectivity index (χ0n) is 22.6. The highest BCUT2D eigenvalue weighted by molar-refractivity contribution is 5.94. The SMILES string of the molecule is CCC=CCC=CCC=CCC=CCC=CCC=CCCC(=O)N1CCN(C(=O)C=CC(=O)OC)CC1. The Labute approximate surface area is 223 Å². The number of carbonyl (C=O) groups is 3. The Morgan fingerprint density at radius 1 is 0.622 bits per heavy atom. The average molecular weight is 509 g/mol. The van der Waals surface area contributed by atoms with Crippen molar-refractivity contribution in [1.82, 2.24) is 9.80 Å². The van der Waals surface area contributed by atoms with E-state index in [4.69, 9.17) is 0 Å². The van der Waals surface area contributed by atoms with Gasteiger partial charge in [-0.3, -0.25) is 9.59 Å². The van der Waals surface area contributed by atoms with Crippen LogP contribution in [0, 0.1) is 0 Å². The van der Waals surface area contributed by atoms with Crippen LogP contribution in [0.25, 0.3) is 0 Å². The number of carbonyl (C=O) groups excluding carboxylic acids is 3. The molecule has 0 aliphatic carbocycles. The fourth-order valence-electron chi connectivity index (χ4n) is 3.49. The monoisotopic (exact) mass is 508 g/mol. The summed E-state index contributed by atoms with van der Waals surface area (Å²) in [5.74, 6) is -0.691. The zero-order chi connectivity index (χ0) is 27.0. The van der Waals surface area contributed by atoms with Crippen LogP contribution < -0.4 is 0 Å². The zero-order valence-corrected chi connectivity index (χ0v) is 22.6. The Morgan fingerprint density at radius 3 is 1.51 bits per heavy atom. The van der Waals surface area contributed by atoms with E-state index in [1.165, 1.54) is 13.2 Å². The van der Waals surface area contributed by atoms with Gasteiger partial charge in [-0.15, -0.1) is 0 Å². The Morgan fingerprint density at radius 2 is 1.05 bits per heavy atom. The number of hydrogen-bond acceptors (Lipinski definition) is 4. The number of piperazine rings is 1. The molecule has 0 N–H and O–H groups in total. The number of esters is 1. The van der Waals surface area contributed by atoms with Gasteiger partial charge in [0.2, 0.25) is 11.8 Å². The predicted octanol–water partition coefficient (Wildman–Crippen LogP) is 5.86. The van der Waals surface area contributed by atoms with E-state index >= 15 is 0 Å². The van der Waals surface area contributed by atoms with Gasteiger partial charge in [0.15, 0.2) is 0 Å². The summed E-state index contributed by atoms with van der Waals surface area (Å²) in [6, 6.07) is 0. The first kappa shape index (κ1) is 31.6. The third kappa shape index (κ3) is 16.8. The van der Waals surface area contributed by atoms with Gasteiger partial charge in [-0.1, -0.05) is 79.8 Å². The van der Waals surface area contributed by atoms with E-state index in [0.717, 1.165) is 44.6 Å². The molecule has 0 saturated carbocycles. The molecule has 0 bridgehead atoms. The molecule has 0 aromatic rings. The summed E-state index contributed by atoms with van der Waals surface area (Å²) in [6.07, 6.45) is 35.3. The normalized spacial score (nSPS) is 15.2. The number of allylic oxidation sites excluding steroid dienone is 12. The van der Waals surface area contributed by atoms with Crippen LogP contribution in [-0.4, -0.2) is 60.9 Å². The van der Waals surface area contributed by atoms with E-state index in [-0.39, 0.29) is 11.8 Å². The molecule has 0 radical (unpaired) electrons. The quantitative estimate of drug-likeness (QED) is 0.149. The summed E-state index contributed by atoms with van der Waals surface area (Å²) in [5.41, 5.74) is 0. The number of amides is 2. The standard InChI is InChI=1S/C31H44N2O4/c1-3-4-5-6-7-8-9-10-11-12-13-14-15-16-17-18-19-20-21-22-29(34)32-25-27-33(28-26-32)30(35)23-24-31(36)37-2/h4-5,7-8,10-11,13-14,16-17,19-20,23-24H,3,6,9,12,15,18,21-22,25-28H2,1-2H3. The number of nitrogens with zero attached hydrogens (tertiary/aromatic N) is 2. The van der Waals surface area contributed by atoms with E-state index in [0.29, 0.717) is 39.0 Å². The molecule has 37 heavy (non-hydrogen) atoms. The molecule has 1 aliphatic rings. The van der Waals surface area contributed by atoms with Gasteiger partial charge in [-0.25, -0.2) is 4.79 Å². The maximum atomic E-state index is 12.4. The summed E-state index contributed by atoms with van der Waals surface area (Å²) >= 11 is 0. The summed E-state index contributed by atoms with van der Waals surface area (Å²) < 4.78 is 4.48. The fourth-order valence-corrected chi connectivity index (χ4v) is 3.49. The lowest BCUT2D eigenvalue weighted by atomic mass is 10.2. The number of ether oxygens (including phenoxy) is 1. The van der Waals surface area contributed by atoms with Crippen molar-refractivity contribution in [1.29, 1.82) is 0 Å². The molecule has 0 unspecified atom stereocenters. The lowest BCUT2D eigenvalue weighted by Gasteiger charge is -2.34. The van der Waals surface area contributed by atoms with Crippen molar-refractivity contribution in [3.63, 3.8) is 0 Å². The molecule has 6 nitrogen and oxygen atoms in total. The van der Waals surface area contributed by atoms with Crippen molar-refractivity contribution < 1.29 is 19.1 Å². The van der Waals surface area contributed by atoms with E-state index in [1.54, 1.807) is 9.80 Å². The lowest BCUT2D eigenvalue weighted by Crippen LogP contribution is -2.50. The predicted molar refractivity (Wildman–Crippen MR) is 152 cm³/mol. The van der Waals surface area contributed by atoms with Crippen LogP contribution in [0.2, 0.25) is 0 Å². The molecule has 1 saturated heterocycles. The molecule has 1 rings (SSSR count). The van der Waals surface area contributed by atoms with Crippen molar-refractivity contribution in [3.8, 4) is 0 Å². The fraction of sp³-hybridized carbons (Fsp3) is 0.452. The highest BCUT2D eigenvalue weighted by Crippen LogP contribution is 2.07. The molecule has 0 spiro atoms. The maximum Gasteiger partial charge on any atom is 0.330 e. The van der Waals surface area contributed by atoms with Crippen LogP contribution >= 0.6 is 0 Å². The molecule has 1 fully saturated rings. The highest BCUT2D eigenvalue weighted by atomic mass is 16.5. The van der Waals surface area contributed by atoms with Gasteiger partial charge in [0.1, 0.15) is 0 Å². The molecule has 6 heteroatoms. The lowest BCUT2D eigenvalue weighted by molar-refractivity contribution is -0.137. The minimum absolute atomic E-state index is 0.108. The van der Waals surface area contributed by atoms with Gasteiger partial charge < -0.3 is 14.5 Å². The van der Waals surface area contributed by atoms with E-state index in [1.807, 2.05) is 0 Å². The summed E-state index contributed by atoms with van der Waals surface area (Å²) in [6.45, 7) is 4.11. The van der Waals surface area contributed by atoms with Crippen LogP contribution in [-0.2, 0) is 19.1 Å². The first-order chi connectivity index (χ1) is 18.1. The van der Waals surface area contributed by atoms with Crippen molar-refractivity contribution in [2.24, 2.45) is 0 Å². The summed E-state index contributed by atoms with van der Waals surface area (Å²) in [7, 11) is 1.27. The maximum absolute atomic E-state index is 12.4. The molecule has 1 heterocycles. The molecular formula is C31H44N2O4. The Balaban J connectivity index is 2.08. The molecule has 202 valence electrons. The van der Waals surface area contributed by atoms with Gasteiger partial charge in [0.05, 0.1) is 7.11 Å². The van der Waals surface area contributed by atoms with Gasteiger partial charge in [-0.05, 0) is 44.9 Å². The van der Waals surface area contributed by atoms with Crippen LogP contribution in [0.3, 0.4) is 0 Å². The molecular weight excluding hydrogens is 464 g/mol. The van der Waals surface area contributed by atoms with Gasteiger partial charge in [0, 0.05) is 44.8 Å². The second-order valence-corrected chi connectivity index (χ2v) is 8.52. The van der Waals surface area contributed by atoms with E-state index in [9.17, 15) is 14.4 Å². The van der Waals surface area contributed by atoms with Gasteiger partial charge >= 0.3 is 5.97 Å². The van der Waals surface area contributed by atoms with Crippen LogP contribution in [0.5, 0.6) is 0 Å². The number of hydrogen-bond donors (Lipinski definition) is 0. The largest absolute Gasteiger partial charge is 0.466 e. The first-order valence-corrected chi connectivity index (χ1v) is 13.3. The van der Waals surface area contributed by atoms with Gasteiger partial charge in [0.25, 0.3) is 0 Å². The third-order valence-electron chi connectivity index (χ3n) is 5.63. The highest BCUT2D eigenvalue weighted by Gasteiger charge is 2.22. The minimum Gasteiger partial charge on any atom is -0.466 e. The Bertz CT molecular complexity index is 870. The number of rotatable bonds is 16. The van der Waals surface area contributed by atoms with Crippen LogP contribution in [0.4, 0.5) is 0 Å². The van der Waals surface area contributed by atoms with E-state index in [2.05, 4.69) is 84.6 Å². The van der Waals surface area contributed by atoms with Crippen molar-refractivity contribution >= 4 is 17.8 Å². The Hall–Kier alpha value is -3.41. The molecule has 0 aromatic heterocycles. The first-order valence-electron chi connectivity index (χ1n) is 13.3. The summed E-state index contributed by atoms with van der Waals surface area (Å²) in [5, 5.41) is 0. The molecule has 2 amide bonds. The van der Waals surface area contributed by atoms with Gasteiger partial charge in [-0.2, -0.15) is 0 Å². The van der Waals surface area contributed by atoms with Crippen LogP contribution in [0.15, 0.2) is 85.1 Å². The molecule has 0 atom stereocenters. The minimum atomic E-state index is -0.559. The summed E-state index contributed by atoms with van der Waals surface area (Å²) in [4.78, 5) is 39.0. The topological polar surface area (TPSA) is 66.9 Å². The van der Waals surface area contributed by atoms with E-state index < -0.39 is 5.97 Å². The smallest absolute Gasteiger partial charge is 0.330 e. The van der Waals surface area contributed by atoms with Crippen molar-refractivity contribution in [2.45, 2.75) is 58.3 Å². The average Bonchev–Trinajstić information content (AvgIpc) is 2.92. The second-order valence-electron chi connectivity index (χ2n) is 8.52. The van der Waals surface area contributed by atoms with Crippen molar-refractivity contribution in [2.75, 3.05) is 33.3 Å². The third-order valence-corrected chi connectivity index (χ3v) is 5.63. The molecule has 1 aliphatic heterocycles. The Kier molecular flexibility index (Phi) is 18.7. The second kappa shape index (κ2) is 21.8. The van der Waals surface area contributed by atoms with Crippen LogP contribution in [0.1, 0.15) is 58.3 Å². The number of methoxy groups -OCH3 is 1. The molecule has 0 aromatic carbocycles. The van der Waals surface area contributed by atoms with Crippen molar-refractivity contribution in [3.05, 3.63) is 85.1 Å².